The summed E-state index contributed by atoms with van der Waals surface area (Å²) in [6.07, 6.45) is 5.34. The van der Waals surface area contributed by atoms with Crippen LogP contribution in [-0.2, 0) is 0 Å². The minimum absolute atomic E-state index is 0.767. The predicted octanol–water partition coefficient (Wildman–Crippen LogP) is 2.74. The summed E-state index contributed by atoms with van der Waals surface area (Å²) in [5.41, 5.74) is 0. The fourth-order valence-corrected chi connectivity index (χ4v) is 2.05. The van der Waals surface area contributed by atoms with E-state index in [1.807, 2.05) is 7.05 Å². The number of rotatable bonds is 10. The Labute approximate surface area is 96.4 Å². The van der Waals surface area contributed by atoms with E-state index in [1.54, 1.807) is 0 Å². The lowest BCUT2D eigenvalue weighted by Crippen LogP contribution is -2.33. The van der Waals surface area contributed by atoms with Crippen LogP contribution in [0.25, 0.3) is 0 Å². The molecule has 2 nitrogen and oxygen atoms in total. The van der Waals surface area contributed by atoms with Crippen LogP contribution in [0.4, 0.5) is 0 Å². The number of hydrogen-bond donors (Lipinski definition) is 1. The van der Waals surface area contributed by atoms with E-state index in [0.29, 0.717) is 0 Å². The quantitative estimate of drug-likeness (QED) is 0.563. The van der Waals surface area contributed by atoms with E-state index in [0.717, 1.165) is 12.5 Å². The van der Waals surface area contributed by atoms with Gasteiger partial charge in [-0.15, -0.1) is 0 Å². The predicted molar refractivity (Wildman–Crippen MR) is 69.3 cm³/mol. The minimum Gasteiger partial charge on any atom is -0.319 e. The SMILES string of the molecule is CCCCCN(CCC)CC(C)CNC. The average Bonchev–Trinajstić information content (AvgIpc) is 2.18. The zero-order valence-corrected chi connectivity index (χ0v) is 11.2. The highest BCUT2D eigenvalue weighted by atomic mass is 15.1. The van der Waals surface area contributed by atoms with Gasteiger partial charge in [0, 0.05) is 6.54 Å². The molecule has 0 aromatic rings. The Hall–Kier alpha value is -0.0800. The van der Waals surface area contributed by atoms with Crippen molar-refractivity contribution in [3.8, 4) is 0 Å². The molecule has 0 bridgehead atoms. The largest absolute Gasteiger partial charge is 0.319 e. The first kappa shape index (κ1) is 14.9. The van der Waals surface area contributed by atoms with Crippen LogP contribution in [0.3, 0.4) is 0 Å². The molecule has 0 aromatic heterocycles. The van der Waals surface area contributed by atoms with Crippen molar-refractivity contribution in [2.45, 2.75) is 46.5 Å². The summed E-state index contributed by atoms with van der Waals surface area (Å²) >= 11 is 0. The molecule has 0 heterocycles. The van der Waals surface area contributed by atoms with E-state index in [4.69, 9.17) is 0 Å². The van der Waals surface area contributed by atoms with Gasteiger partial charge in [-0.2, -0.15) is 0 Å². The molecule has 0 aliphatic heterocycles. The smallest absolute Gasteiger partial charge is 0.00191 e. The second kappa shape index (κ2) is 10.4. The topological polar surface area (TPSA) is 15.3 Å². The molecule has 0 amide bonds. The van der Waals surface area contributed by atoms with E-state index >= 15 is 0 Å². The van der Waals surface area contributed by atoms with E-state index in [2.05, 4.69) is 31.0 Å². The van der Waals surface area contributed by atoms with E-state index in [1.165, 1.54) is 45.3 Å². The molecular formula is C13H30N2. The number of nitrogens with zero attached hydrogens (tertiary/aromatic N) is 1. The average molecular weight is 214 g/mol. The van der Waals surface area contributed by atoms with Crippen molar-refractivity contribution in [1.82, 2.24) is 10.2 Å². The fraction of sp³-hybridized carbons (Fsp3) is 1.00. The third-order valence-electron chi connectivity index (χ3n) is 2.74. The molecule has 0 spiro atoms. The summed E-state index contributed by atoms with van der Waals surface area (Å²) in [5, 5.41) is 3.26. The summed E-state index contributed by atoms with van der Waals surface area (Å²) in [7, 11) is 2.04. The maximum atomic E-state index is 3.26. The Kier molecular flexibility index (Phi) is 10.4. The Morgan fingerprint density at radius 2 is 1.80 bits per heavy atom. The molecule has 0 radical (unpaired) electrons. The molecule has 0 aromatic carbocycles. The Morgan fingerprint density at radius 3 is 2.33 bits per heavy atom. The van der Waals surface area contributed by atoms with E-state index in [-0.39, 0.29) is 0 Å². The highest BCUT2D eigenvalue weighted by Gasteiger charge is 2.08. The molecule has 1 N–H and O–H groups in total. The van der Waals surface area contributed by atoms with Crippen molar-refractivity contribution in [3.63, 3.8) is 0 Å². The van der Waals surface area contributed by atoms with Crippen molar-refractivity contribution in [1.29, 1.82) is 0 Å². The van der Waals surface area contributed by atoms with Crippen LogP contribution in [0.5, 0.6) is 0 Å². The van der Waals surface area contributed by atoms with Crippen molar-refractivity contribution < 1.29 is 0 Å². The first-order valence-corrected chi connectivity index (χ1v) is 6.61. The summed E-state index contributed by atoms with van der Waals surface area (Å²) in [6.45, 7) is 11.8. The van der Waals surface area contributed by atoms with Crippen LogP contribution < -0.4 is 5.32 Å². The van der Waals surface area contributed by atoms with Crippen LogP contribution in [-0.4, -0.2) is 38.1 Å². The molecule has 0 saturated carbocycles. The summed E-state index contributed by atoms with van der Waals surface area (Å²) in [4.78, 5) is 2.62. The molecule has 0 saturated heterocycles. The minimum atomic E-state index is 0.767. The van der Waals surface area contributed by atoms with Crippen LogP contribution >= 0.6 is 0 Å². The molecule has 2 heteroatoms. The number of nitrogens with one attached hydrogen (secondary N) is 1. The Bertz CT molecular complexity index is 126. The third-order valence-corrected chi connectivity index (χ3v) is 2.74. The zero-order valence-electron chi connectivity index (χ0n) is 11.2. The lowest BCUT2D eigenvalue weighted by atomic mass is 10.1. The van der Waals surface area contributed by atoms with Crippen molar-refractivity contribution in [2.24, 2.45) is 5.92 Å². The summed E-state index contributed by atoms with van der Waals surface area (Å²) in [5.74, 6) is 0.767. The molecule has 0 aliphatic rings. The first-order valence-electron chi connectivity index (χ1n) is 6.61. The molecular weight excluding hydrogens is 184 g/mol. The Balaban J connectivity index is 3.70. The van der Waals surface area contributed by atoms with Gasteiger partial charge in [-0.05, 0) is 45.4 Å². The zero-order chi connectivity index (χ0) is 11.5. The van der Waals surface area contributed by atoms with Gasteiger partial charge < -0.3 is 10.2 Å². The van der Waals surface area contributed by atoms with Gasteiger partial charge in [0.2, 0.25) is 0 Å². The van der Waals surface area contributed by atoms with Crippen LogP contribution in [0.2, 0.25) is 0 Å². The number of unbranched alkanes of at least 4 members (excludes halogenated alkanes) is 2. The first-order chi connectivity index (χ1) is 7.24. The van der Waals surface area contributed by atoms with Gasteiger partial charge in [0.05, 0.1) is 0 Å². The van der Waals surface area contributed by atoms with Crippen molar-refractivity contribution >= 4 is 0 Å². The van der Waals surface area contributed by atoms with Gasteiger partial charge in [0.15, 0.2) is 0 Å². The van der Waals surface area contributed by atoms with Crippen molar-refractivity contribution in [3.05, 3.63) is 0 Å². The van der Waals surface area contributed by atoms with Crippen LogP contribution in [0.15, 0.2) is 0 Å². The highest BCUT2D eigenvalue weighted by Crippen LogP contribution is 2.03. The van der Waals surface area contributed by atoms with E-state index in [9.17, 15) is 0 Å². The molecule has 0 fully saturated rings. The van der Waals surface area contributed by atoms with Gasteiger partial charge >= 0.3 is 0 Å². The van der Waals surface area contributed by atoms with Gasteiger partial charge in [-0.1, -0.05) is 33.6 Å². The van der Waals surface area contributed by atoms with Gasteiger partial charge in [-0.3, -0.25) is 0 Å². The van der Waals surface area contributed by atoms with Gasteiger partial charge in [-0.25, -0.2) is 0 Å². The third kappa shape index (κ3) is 8.88. The highest BCUT2D eigenvalue weighted by molar-refractivity contribution is 4.64. The standard InChI is InChI=1S/C13H30N2/c1-5-7-8-10-15(9-6-2)12-13(3)11-14-4/h13-14H,5-12H2,1-4H3. The second-order valence-electron chi connectivity index (χ2n) is 4.67. The summed E-state index contributed by atoms with van der Waals surface area (Å²) in [6, 6.07) is 0. The van der Waals surface area contributed by atoms with Gasteiger partial charge in [0.25, 0.3) is 0 Å². The van der Waals surface area contributed by atoms with Crippen LogP contribution in [0.1, 0.15) is 46.5 Å². The van der Waals surface area contributed by atoms with E-state index < -0.39 is 0 Å². The fourth-order valence-electron chi connectivity index (χ4n) is 2.05. The number of hydrogen-bond acceptors (Lipinski definition) is 2. The lowest BCUT2D eigenvalue weighted by Gasteiger charge is -2.25. The Morgan fingerprint density at radius 1 is 1.07 bits per heavy atom. The molecule has 0 rings (SSSR count). The van der Waals surface area contributed by atoms with Crippen molar-refractivity contribution in [2.75, 3.05) is 33.2 Å². The molecule has 15 heavy (non-hydrogen) atoms. The summed E-state index contributed by atoms with van der Waals surface area (Å²) < 4.78 is 0. The maximum Gasteiger partial charge on any atom is 0.00191 e. The second-order valence-corrected chi connectivity index (χ2v) is 4.67. The normalized spacial score (nSPS) is 13.4. The van der Waals surface area contributed by atoms with Gasteiger partial charge in [0.1, 0.15) is 0 Å². The maximum absolute atomic E-state index is 3.26. The molecule has 1 atom stereocenters. The molecule has 1 unspecified atom stereocenters. The molecule has 92 valence electrons. The molecule has 0 aliphatic carbocycles. The lowest BCUT2D eigenvalue weighted by molar-refractivity contribution is 0.232. The monoisotopic (exact) mass is 214 g/mol. The van der Waals surface area contributed by atoms with Crippen LogP contribution in [0, 0.1) is 5.92 Å².